The molecule has 0 bridgehead atoms. The second-order valence-electron chi connectivity index (χ2n) is 9.39. The summed E-state index contributed by atoms with van der Waals surface area (Å²) < 4.78 is 27.2. The molecule has 1 saturated heterocycles. The molecule has 1 heterocycles. The number of hydrogen-bond donors (Lipinski definition) is 0. The van der Waals surface area contributed by atoms with Crippen LogP contribution in [0.1, 0.15) is 74.7 Å². The standard InChI is InChI=1S/C25H36FNO3.ClH/c1-3-29-22-13-20-16-25(26,24(28)21(20)14-23(22)30-4-2)15-18-9-11-27(12-10-18)17-19-7-5-6-8-19;/h13-14,18-19H,3-12,15-17H2,1-2H3;1H. The molecular formula is C25H37ClFNO3. The zero-order chi connectivity index (χ0) is 21.1. The maximum absolute atomic E-state index is 15.9. The first-order valence-corrected chi connectivity index (χ1v) is 11.9. The molecule has 31 heavy (non-hydrogen) atoms. The molecule has 0 spiro atoms. The maximum Gasteiger partial charge on any atom is 0.200 e. The quantitative estimate of drug-likeness (QED) is 0.510. The molecule has 2 aliphatic carbocycles. The monoisotopic (exact) mass is 453 g/mol. The molecular weight excluding hydrogens is 417 g/mol. The van der Waals surface area contributed by atoms with Gasteiger partial charge in [0, 0.05) is 18.5 Å². The number of ketones is 1. The van der Waals surface area contributed by atoms with Crippen LogP contribution in [0.3, 0.4) is 0 Å². The van der Waals surface area contributed by atoms with Crippen molar-refractivity contribution in [3.63, 3.8) is 0 Å². The summed E-state index contributed by atoms with van der Waals surface area (Å²) >= 11 is 0. The van der Waals surface area contributed by atoms with Crippen molar-refractivity contribution in [1.29, 1.82) is 0 Å². The van der Waals surface area contributed by atoms with Crippen molar-refractivity contribution in [3.8, 4) is 11.5 Å². The van der Waals surface area contributed by atoms with Gasteiger partial charge in [-0.05, 0) is 88.6 Å². The number of halogens is 2. The third kappa shape index (κ3) is 5.36. The van der Waals surface area contributed by atoms with Crippen LogP contribution in [0.2, 0.25) is 0 Å². The van der Waals surface area contributed by atoms with Crippen LogP contribution in [0.5, 0.6) is 11.5 Å². The van der Waals surface area contributed by atoms with E-state index in [0.717, 1.165) is 37.4 Å². The number of hydrogen-bond acceptors (Lipinski definition) is 4. The number of carbonyl (C=O) groups is 1. The number of piperidine rings is 1. The molecule has 174 valence electrons. The number of fused-ring (bicyclic) bond motifs is 1. The Bertz CT molecular complexity index is 759. The Kier molecular flexibility index (Phi) is 8.25. The van der Waals surface area contributed by atoms with Crippen molar-refractivity contribution in [3.05, 3.63) is 23.3 Å². The van der Waals surface area contributed by atoms with E-state index in [1.54, 1.807) is 6.07 Å². The van der Waals surface area contributed by atoms with Gasteiger partial charge in [0.05, 0.1) is 13.2 Å². The van der Waals surface area contributed by atoms with E-state index in [1.807, 2.05) is 19.9 Å². The molecule has 3 aliphatic rings. The number of likely N-dealkylation sites (tertiary alicyclic amines) is 1. The van der Waals surface area contributed by atoms with E-state index in [2.05, 4.69) is 4.90 Å². The molecule has 1 aliphatic heterocycles. The highest BCUT2D eigenvalue weighted by Gasteiger charge is 2.48. The van der Waals surface area contributed by atoms with E-state index >= 15 is 4.39 Å². The highest BCUT2D eigenvalue weighted by molar-refractivity contribution is 6.07. The number of alkyl halides is 1. The summed E-state index contributed by atoms with van der Waals surface area (Å²) in [5.41, 5.74) is -0.550. The minimum atomic E-state index is -1.78. The molecule has 1 unspecified atom stereocenters. The molecule has 0 aromatic heterocycles. The summed E-state index contributed by atoms with van der Waals surface area (Å²) in [5.74, 6) is 1.92. The fourth-order valence-corrected chi connectivity index (χ4v) is 5.67. The van der Waals surface area contributed by atoms with Crippen LogP contribution in [-0.2, 0) is 6.42 Å². The van der Waals surface area contributed by atoms with Gasteiger partial charge in [-0.15, -0.1) is 12.4 Å². The fraction of sp³-hybridized carbons (Fsp3) is 0.720. The van der Waals surface area contributed by atoms with E-state index in [0.29, 0.717) is 36.7 Å². The van der Waals surface area contributed by atoms with Crippen LogP contribution in [0.4, 0.5) is 4.39 Å². The predicted octanol–water partition coefficient (Wildman–Crippen LogP) is 5.65. The van der Waals surface area contributed by atoms with Crippen molar-refractivity contribution in [2.75, 3.05) is 32.8 Å². The lowest BCUT2D eigenvalue weighted by Crippen LogP contribution is -2.40. The normalized spacial score (nSPS) is 24.8. The zero-order valence-electron chi connectivity index (χ0n) is 19.0. The molecule has 4 rings (SSSR count). The summed E-state index contributed by atoms with van der Waals surface area (Å²) in [6.45, 7) is 8.08. The van der Waals surface area contributed by atoms with Gasteiger partial charge in [-0.3, -0.25) is 4.79 Å². The molecule has 0 N–H and O–H groups in total. The van der Waals surface area contributed by atoms with Gasteiger partial charge in [0.15, 0.2) is 17.2 Å². The highest BCUT2D eigenvalue weighted by Crippen LogP contribution is 2.44. The number of benzene rings is 1. The van der Waals surface area contributed by atoms with Crippen LogP contribution in [-0.4, -0.2) is 49.2 Å². The molecule has 4 nitrogen and oxygen atoms in total. The van der Waals surface area contributed by atoms with E-state index < -0.39 is 5.67 Å². The van der Waals surface area contributed by atoms with Crippen LogP contribution < -0.4 is 9.47 Å². The van der Waals surface area contributed by atoms with Gasteiger partial charge >= 0.3 is 0 Å². The summed E-state index contributed by atoms with van der Waals surface area (Å²) in [7, 11) is 0. The average molecular weight is 454 g/mol. The minimum Gasteiger partial charge on any atom is -0.490 e. The summed E-state index contributed by atoms with van der Waals surface area (Å²) in [6.07, 6.45) is 7.99. The molecule has 2 fully saturated rings. The van der Waals surface area contributed by atoms with E-state index in [1.165, 1.54) is 32.2 Å². The Labute approximate surface area is 192 Å². The van der Waals surface area contributed by atoms with Gasteiger partial charge in [0.2, 0.25) is 5.78 Å². The SMILES string of the molecule is CCOc1cc2c(cc1OCC)C(=O)C(F)(CC1CCN(CC3CCCC3)CC1)C2.Cl. The molecule has 0 amide bonds. The third-order valence-electron chi connectivity index (χ3n) is 7.20. The summed E-state index contributed by atoms with van der Waals surface area (Å²) in [5, 5.41) is 0. The predicted molar refractivity (Wildman–Crippen MR) is 124 cm³/mol. The second kappa shape index (κ2) is 10.5. The van der Waals surface area contributed by atoms with Crippen LogP contribution in [0, 0.1) is 11.8 Å². The first-order chi connectivity index (χ1) is 14.5. The van der Waals surface area contributed by atoms with Gasteiger partial charge < -0.3 is 14.4 Å². The Morgan fingerprint density at radius 3 is 2.23 bits per heavy atom. The summed E-state index contributed by atoms with van der Waals surface area (Å²) in [6, 6.07) is 3.50. The van der Waals surface area contributed by atoms with Gasteiger partial charge in [-0.25, -0.2) is 4.39 Å². The summed E-state index contributed by atoms with van der Waals surface area (Å²) in [4.78, 5) is 15.6. The molecule has 6 heteroatoms. The Morgan fingerprint density at radius 1 is 1.00 bits per heavy atom. The largest absolute Gasteiger partial charge is 0.490 e. The number of nitrogens with zero attached hydrogens (tertiary/aromatic N) is 1. The van der Waals surface area contributed by atoms with E-state index in [9.17, 15) is 4.79 Å². The van der Waals surface area contributed by atoms with Crippen molar-refractivity contribution in [2.24, 2.45) is 11.8 Å². The molecule has 1 aromatic carbocycles. The molecule has 0 radical (unpaired) electrons. The van der Waals surface area contributed by atoms with Crippen LogP contribution >= 0.6 is 12.4 Å². The lowest BCUT2D eigenvalue weighted by molar-refractivity contribution is 0.0582. The van der Waals surface area contributed by atoms with Crippen molar-refractivity contribution >= 4 is 18.2 Å². The van der Waals surface area contributed by atoms with E-state index in [4.69, 9.17) is 9.47 Å². The van der Waals surface area contributed by atoms with Crippen molar-refractivity contribution in [1.82, 2.24) is 4.90 Å². The lowest BCUT2D eigenvalue weighted by atomic mass is 9.83. The maximum atomic E-state index is 15.9. The van der Waals surface area contributed by atoms with E-state index in [-0.39, 0.29) is 30.5 Å². The van der Waals surface area contributed by atoms with Crippen molar-refractivity contribution < 1.29 is 18.7 Å². The first-order valence-electron chi connectivity index (χ1n) is 11.9. The highest BCUT2D eigenvalue weighted by atomic mass is 35.5. The zero-order valence-corrected chi connectivity index (χ0v) is 19.8. The van der Waals surface area contributed by atoms with Gasteiger partial charge in [0.25, 0.3) is 0 Å². The Hall–Kier alpha value is -1.33. The molecule has 1 atom stereocenters. The van der Waals surface area contributed by atoms with Gasteiger partial charge in [-0.2, -0.15) is 0 Å². The smallest absolute Gasteiger partial charge is 0.200 e. The topological polar surface area (TPSA) is 38.8 Å². The Morgan fingerprint density at radius 2 is 1.61 bits per heavy atom. The second-order valence-corrected chi connectivity index (χ2v) is 9.39. The number of Topliss-reactive ketones (excluding diaryl/α,β-unsaturated/α-hetero) is 1. The fourth-order valence-electron chi connectivity index (χ4n) is 5.67. The van der Waals surface area contributed by atoms with Gasteiger partial charge in [0.1, 0.15) is 0 Å². The average Bonchev–Trinajstić information content (AvgIpc) is 3.31. The Balaban J connectivity index is 0.00000272. The van der Waals surface area contributed by atoms with Crippen LogP contribution in [0.15, 0.2) is 12.1 Å². The van der Waals surface area contributed by atoms with Gasteiger partial charge in [-0.1, -0.05) is 12.8 Å². The lowest BCUT2D eigenvalue weighted by Gasteiger charge is -2.35. The third-order valence-corrected chi connectivity index (χ3v) is 7.20. The molecule has 1 saturated carbocycles. The minimum absolute atomic E-state index is 0. The number of rotatable bonds is 8. The number of ether oxygens (including phenoxy) is 2. The first kappa shape index (κ1) is 24.3. The van der Waals surface area contributed by atoms with Crippen molar-refractivity contribution in [2.45, 2.75) is 70.9 Å². The number of carbonyl (C=O) groups excluding carboxylic acids is 1. The molecule has 1 aromatic rings. The van der Waals surface area contributed by atoms with Crippen LogP contribution in [0.25, 0.3) is 0 Å².